The summed E-state index contributed by atoms with van der Waals surface area (Å²) in [5.41, 5.74) is 2.88. The third-order valence-electron chi connectivity index (χ3n) is 5.39. The maximum absolute atomic E-state index is 13.1. The van der Waals surface area contributed by atoms with Crippen LogP contribution < -0.4 is 10.6 Å². The van der Waals surface area contributed by atoms with Crippen molar-refractivity contribution in [2.45, 2.75) is 44.8 Å². The first-order chi connectivity index (χ1) is 13.1. The SMILES string of the molecule is CN=C(NCc1cn(-c2ccc(F)cc2)nc1C)NC1CCN(C2CC2)C1. The summed E-state index contributed by atoms with van der Waals surface area (Å²) in [6, 6.07) is 7.63. The largest absolute Gasteiger partial charge is 0.352 e. The van der Waals surface area contributed by atoms with E-state index in [1.807, 2.05) is 13.1 Å². The average molecular weight is 370 g/mol. The molecule has 0 amide bonds. The molecule has 144 valence electrons. The first-order valence-corrected chi connectivity index (χ1v) is 9.64. The van der Waals surface area contributed by atoms with Crippen molar-refractivity contribution in [1.82, 2.24) is 25.3 Å². The van der Waals surface area contributed by atoms with Crippen LogP contribution in [-0.2, 0) is 6.54 Å². The number of hydrogen-bond acceptors (Lipinski definition) is 3. The van der Waals surface area contributed by atoms with E-state index in [1.54, 1.807) is 23.9 Å². The Labute approximate surface area is 159 Å². The number of nitrogens with zero attached hydrogens (tertiary/aromatic N) is 4. The Morgan fingerprint density at radius 2 is 2.04 bits per heavy atom. The number of aromatic nitrogens is 2. The Kier molecular flexibility index (Phi) is 5.11. The smallest absolute Gasteiger partial charge is 0.191 e. The van der Waals surface area contributed by atoms with Crippen molar-refractivity contribution in [1.29, 1.82) is 0 Å². The van der Waals surface area contributed by atoms with E-state index >= 15 is 0 Å². The molecule has 4 rings (SSSR count). The molecule has 1 atom stereocenters. The maximum atomic E-state index is 13.1. The summed E-state index contributed by atoms with van der Waals surface area (Å²) >= 11 is 0. The number of rotatable bonds is 5. The second-order valence-corrected chi connectivity index (χ2v) is 7.44. The summed E-state index contributed by atoms with van der Waals surface area (Å²) in [6.45, 7) is 4.92. The molecular weight excluding hydrogens is 343 g/mol. The number of hydrogen-bond donors (Lipinski definition) is 2. The van der Waals surface area contributed by atoms with Gasteiger partial charge in [-0.2, -0.15) is 5.10 Å². The standard InChI is InChI=1S/C20H27FN6/c1-14-15(12-27(25-14)19-5-3-16(21)4-6-19)11-23-20(22-2)24-17-9-10-26(13-17)18-7-8-18/h3-6,12,17-18H,7-11,13H2,1-2H3,(H2,22,23,24). The lowest BCUT2D eigenvalue weighted by Crippen LogP contribution is -2.44. The molecule has 1 unspecified atom stereocenters. The summed E-state index contributed by atoms with van der Waals surface area (Å²) in [4.78, 5) is 6.95. The molecule has 27 heavy (non-hydrogen) atoms. The highest BCUT2D eigenvalue weighted by molar-refractivity contribution is 5.80. The highest BCUT2D eigenvalue weighted by atomic mass is 19.1. The van der Waals surface area contributed by atoms with Gasteiger partial charge in [0, 0.05) is 50.5 Å². The van der Waals surface area contributed by atoms with Gasteiger partial charge in [-0.3, -0.25) is 9.89 Å². The van der Waals surface area contributed by atoms with Crippen LogP contribution in [0, 0.1) is 12.7 Å². The molecule has 1 aliphatic heterocycles. The third-order valence-corrected chi connectivity index (χ3v) is 5.39. The Morgan fingerprint density at radius 3 is 2.74 bits per heavy atom. The minimum atomic E-state index is -0.244. The highest BCUT2D eigenvalue weighted by Crippen LogP contribution is 2.29. The van der Waals surface area contributed by atoms with Gasteiger partial charge in [-0.15, -0.1) is 0 Å². The Balaban J connectivity index is 1.34. The number of nitrogens with one attached hydrogen (secondary N) is 2. The monoisotopic (exact) mass is 370 g/mol. The molecule has 1 saturated heterocycles. The van der Waals surface area contributed by atoms with Gasteiger partial charge >= 0.3 is 0 Å². The normalized spacial score (nSPS) is 20.9. The van der Waals surface area contributed by atoms with Gasteiger partial charge in [0.25, 0.3) is 0 Å². The number of aliphatic imine (C=N–C) groups is 1. The molecule has 2 fully saturated rings. The fraction of sp³-hybridized carbons (Fsp3) is 0.500. The van der Waals surface area contributed by atoms with Gasteiger partial charge in [0.05, 0.1) is 11.4 Å². The first-order valence-electron chi connectivity index (χ1n) is 9.64. The fourth-order valence-corrected chi connectivity index (χ4v) is 3.64. The zero-order valence-corrected chi connectivity index (χ0v) is 16.0. The van der Waals surface area contributed by atoms with Crippen LogP contribution in [0.4, 0.5) is 4.39 Å². The lowest BCUT2D eigenvalue weighted by molar-refractivity contribution is 0.321. The second-order valence-electron chi connectivity index (χ2n) is 7.44. The zero-order valence-electron chi connectivity index (χ0n) is 16.0. The van der Waals surface area contributed by atoms with E-state index in [0.717, 1.165) is 35.5 Å². The number of halogens is 1. The van der Waals surface area contributed by atoms with Gasteiger partial charge < -0.3 is 10.6 Å². The molecule has 2 aromatic rings. The lowest BCUT2D eigenvalue weighted by Gasteiger charge is -2.18. The molecule has 0 radical (unpaired) electrons. The van der Waals surface area contributed by atoms with Crippen molar-refractivity contribution < 1.29 is 4.39 Å². The van der Waals surface area contributed by atoms with E-state index in [9.17, 15) is 4.39 Å². The summed E-state index contributed by atoms with van der Waals surface area (Å²) < 4.78 is 14.9. The summed E-state index contributed by atoms with van der Waals surface area (Å²) in [5.74, 6) is 0.582. The molecule has 0 bridgehead atoms. The topological polar surface area (TPSA) is 57.5 Å². The third kappa shape index (κ3) is 4.30. The molecule has 2 heterocycles. The van der Waals surface area contributed by atoms with Crippen molar-refractivity contribution >= 4 is 5.96 Å². The Bertz CT molecular complexity index is 808. The van der Waals surface area contributed by atoms with E-state index in [0.29, 0.717) is 12.6 Å². The van der Waals surface area contributed by atoms with E-state index in [-0.39, 0.29) is 5.82 Å². The zero-order chi connectivity index (χ0) is 18.8. The van der Waals surface area contributed by atoms with E-state index < -0.39 is 0 Å². The van der Waals surface area contributed by atoms with Gasteiger partial charge in [-0.1, -0.05) is 0 Å². The van der Waals surface area contributed by atoms with Gasteiger partial charge in [0.15, 0.2) is 5.96 Å². The predicted molar refractivity (Wildman–Crippen MR) is 105 cm³/mol. The molecular formula is C20H27FN6. The molecule has 1 aliphatic carbocycles. The quantitative estimate of drug-likeness (QED) is 0.626. The van der Waals surface area contributed by atoms with E-state index in [2.05, 4.69) is 25.6 Å². The van der Waals surface area contributed by atoms with Crippen molar-refractivity contribution in [3.63, 3.8) is 0 Å². The molecule has 2 N–H and O–H groups in total. The molecule has 1 aromatic heterocycles. The molecule has 0 spiro atoms. The van der Waals surface area contributed by atoms with E-state index in [4.69, 9.17) is 0 Å². The van der Waals surface area contributed by atoms with Gasteiger partial charge in [-0.05, 0) is 50.5 Å². The molecule has 6 nitrogen and oxygen atoms in total. The van der Waals surface area contributed by atoms with Crippen molar-refractivity contribution in [3.05, 3.63) is 47.5 Å². The van der Waals surface area contributed by atoms with Crippen LogP contribution in [0.2, 0.25) is 0 Å². The average Bonchev–Trinajstić information content (AvgIpc) is 3.31. The number of likely N-dealkylation sites (tertiary alicyclic amines) is 1. The minimum absolute atomic E-state index is 0.244. The van der Waals surface area contributed by atoms with Crippen LogP contribution in [0.15, 0.2) is 35.5 Å². The fourth-order valence-electron chi connectivity index (χ4n) is 3.64. The van der Waals surface area contributed by atoms with Gasteiger partial charge in [0.2, 0.25) is 0 Å². The first kappa shape index (κ1) is 18.0. The summed E-state index contributed by atoms with van der Waals surface area (Å²) in [6.07, 6.45) is 5.86. The summed E-state index contributed by atoms with van der Waals surface area (Å²) in [5, 5.41) is 11.5. The Morgan fingerprint density at radius 1 is 1.26 bits per heavy atom. The number of guanidine groups is 1. The van der Waals surface area contributed by atoms with Gasteiger partial charge in [0.1, 0.15) is 5.82 Å². The Hall–Kier alpha value is -2.41. The molecule has 2 aliphatic rings. The van der Waals surface area contributed by atoms with Crippen LogP contribution in [-0.4, -0.2) is 52.9 Å². The minimum Gasteiger partial charge on any atom is -0.352 e. The highest BCUT2D eigenvalue weighted by Gasteiger charge is 2.34. The second kappa shape index (κ2) is 7.68. The van der Waals surface area contributed by atoms with Crippen LogP contribution in [0.5, 0.6) is 0 Å². The van der Waals surface area contributed by atoms with Crippen LogP contribution in [0.3, 0.4) is 0 Å². The maximum Gasteiger partial charge on any atom is 0.191 e. The van der Waals surface area contributed by atoms with Crippen LogP contribution in [0.1, 0.15) is 30.5 Å². The van der Waals surface area contributed by atoms with Gasteiger partial charge in [-0.25, -0.2) is 9.07 Å². The predicted octanol–water partition coefficient (Wildman–Crippen LogP) is 2.22. The molecule has 1 saturated carbocycles. The van der Waals surface area contributed by atoms with Crippen molar-refractivity contribution in [3.8, 4) is 5.69 Å². The van der Waals surface area contributed by atoms with E-state index in [1.165, 1.54) is 37.9 Å². The van der Waals surface area contributed by atoms with Crippen LogP contribution in [0.25, 0.3) is 5.69 Å². The van der Waals surface area contributed by atoms with Crippen LogP contribution >= 0.6 is 0 Å². The van der Waals surface area contributed by atoms with Crippen molar-refractivity contribution in [2.24, 2.45) is 4.99 Å². The van der Waals surface area contributed by atoms with Crippen molar-refractivity contribution in [2.75, 3.05) is 20.1 Å². The number of aryl methyl sites for hydroxylation is 1. The molecule has 1 aromatic carbocycles. The number of benzene rings is 1. The molecule has 7 heteroatoms. The summed E-state index contributed by atoms with van der Waals surface area (Å²) in [7, 11) is 1.80. The lowest BCUT2D eigenvalue weighted by atomic mass is 10.2.